The highest BCUT2D eigenvalue weighted by molar-refractivity contribution is 6.30. The van der Waals surface area contributed by atoms with Crippen LogP contribution in [-0.4, -0.2) is 11.5 Å². The first-order valence-electron chi connectivity index (χ1n) is 7.58. The van der Waals surface area contributed by atoms with Crippen molar-refractivity contribution in [3.8, 4) is 5.75 Å². The van der Waals surface area contributed by atoms with Gasteiger partial charge in [0.05, 0.1) is 10.7 Å². The van der Waals surface area contributed by atoms with Crippen LogP contribution < -0.4 is 10.1 Å². The van der Waals surface area contributed by atoms with Gasteiger partial charge < -0.3 is 10.1 Å². The molecule has 2 aliphatic rings. The molecule has 2 atom stereocenters. The summed E-state index contributed by atoms with van der Waals surface area (Å²) in [6.07, 6.45) is 6.72. The van der Waals surface area contributed by atoms with Crippen molar-refractivity contribution in [2.24, 2.45) is 0 Å². The van der Waals surface area contributed by atoms with E-state index in [0.717, 1.165) is 30.0 Å². The average Bonchev–Trinajstić information content (AvgIpc) is 2.55. The molecule has 3 nitrogen and oxygen atoms in total. The summed E-state index contributed by atoms with van der Waals surface area (Å²) >= 11 is 5.92. The number of fused-ring (bicyclic) bond motifs is 3. The lowest BCUT2D eigenvalue weighted by Gasteiger charge is -2.30. The lowest BCUT2D eigenvalue weighted by Crippen LogP contribution is -2.29. The summed E-state index contributed by atoms with van der Waals surface area (Å²) in [5, 5.41) is 4.15. The maximum absolute atomic E-state index is 6.29. The predicted octanol–water partition coefficient (Wildman–Crippen LogP) is 4.09. The van der Waals surface area contributed by atoms with Crippen molar-refractivity contribution in [2.75, 3.05) is 6.54 Å². The van der Waals surface area contributed by atoms with Crippen LogP contribution >= 0.6 is 11.6 Å². The normalized spacial score (nSPS) is 22.6. The van der Waals surface area contributed by atoms with E-state index in [1.165, 1.54) is 11.1 Å². The highest BCUT2D eigenvalue weighted by Gasteiger charge is 2.26. The first-order chi connectivity index (χ1) is 10.7. The van der Waals surface area contributed by atoms with Gasteiger partial charge in [0.15, 0.2) is 6.10 Å². The number of pyridine rings is 1. The molecule has 22 heavy (non-hydrogen) atoms. The number of benzene rings is 1. The van der Waals surface area contributed by atoms with Crippen LogP contribution in [0.5, 0.6) is 5.75 Å². The van der Waals surface area contributed by atoms with E-state index < -0.39 is 0 Å². The van der Waals surface area contributed by atoms with Crippen molar-refractivity contribution in [3.63, 3.8) is 0 Å². The number of hydrogen-bond acceptors (Lipinski definition) is 3. The highest BCUT2D eigenvalue weighted by atomic mass is 35.5. The van der Waals surface area contributed by atoms with Crippen LogP contribution in [0.1, 0.15) is 41.5 Å². The molecular formula is C18H17ClN2O. The molecule has 0 saturated carbocycles. The molecule has 2 aromatic rings. The van der Waals surface area contributed by atoms with Crippen molar-refractivity contribution in [3.05, 3.63) is 63.9 Å². The molecular weight excluding hydrogens is 296 g/mol. The number of ether oxygens (including phenoxy) is 1. The van der Waals surface area contributed by atoms with E-state index in [0.29, 0.717) is 11.1 Å². The summed E-state index contributed by atoms with van der Waals surface area (Å²) in [6, 6.07) is 8.44. The van der Waals surface area contributed by atoms with Gasteiger partial charge in [0.2, 0.25) is 0 Å². The Morgan fingerprint density at radius 2 is 2.18 bits per heavy atom. The van der Waals surface area contributed by atoms with Gasteiger partial charge in [-0.25, -0.2) is 0 Å². The van der Waals surface area contributed by atoms with E-state index >= 15 is 0 Å². The molecule has 4 rings (SSSR count). The maximum Gasteiger partial charge on any atom is 0.159 e. The summed E-state index contributed by atoms with van der Waals surface area (Å²) in [5.41, 5.74) is 4.68. The SMILES string of the molecule is CC1NCCc2ccc3c(c21)OC(c1ccc(Cl)cn1)C=C3. The largest absolute Gasteiger partial charge is 0.479 e. The van der Waals surface area contributed by atoms with Gasteiger partial charge in [-0.05, 0) is 43.7 Å². The number of aromatic nitrogens is 1. The summed E-state index contributed by atoms with van der Waals surface area (Å²) in [7, 11) is 0. The summed E-state index contributed by atoms with van der Waals surface area (Å²) in [5.74, 6) is 0.987. The van der Waals surface area contributed by atoms with Gasteiger partial charge in [0, 0.05) is 23.4 Å². The van der Waals surface area contributed by atoms with E-state index in [1.807, 2.05) is 18.2 Å². The van der Waals surface area contributed by atoms with Gasteiger partial charge in [-0.3, -0.25) is 4.98 Å². The van der Waals surface area contributed by atoms with Crippen molar-refractivity contribution >= 4 is 17.7 Å². The third-order valence-corrected chi connectivity index (χ3v) is 4.56. The Balaban J connectivity index is 1.75. The van der Waals surface area contributed by atoms with E-state index in [2.05, 4.69) is 35.4 Å². The van der Waals surface area contributed by atoms with Gasteiger partial charge in [-0.1, -0.05) is 29.8 Å². The van der Waals surface area contributed by atoms with Gasteiger partial charge in [0.1, 0.15) is 5.75 Å². The fourth-order valence-electron chi connectivity index (χ4n) is 3.21. The average molecular weight is 313 g/mol. The highest BCUT2D eigenvalue weighted by Crippen LogP contribution is 2.40. The minimum atomic E-state index is -0.162. The zero-order valence-electron chi connectivity index (χ0n) is 12.3. The number of rotatable bonds is 1. The molecule has 2 unspecified atom stereocenters. The lowest BCUT2D eigenvalue weighted by atomic mass is 9.91. The van der Waals surface area contributed by atoms with Crippen LogP contribution in [-0.2, 0) is 6.42 Å². The lowest BCUT2D eigenvalue weighted by molar-refractivity contribution is 0.241. The summed E-state index contributed by atoms with van der Waals surface area (Å²) in [4.78, 5) is 4.38. The third-order valence-electron chi connectivity index (χ3n) is 4.33. The Morgan fingerprint density at radius 3 is 3.00 bits per heavy atom. The van der Waals surface area contributed by atoms with Crippen LogP contribution in [0.25, 0.3) is 6.08 Å². The summed E-state index contributed by atoms with van der Waals surface area (Å²) in [6.45, 7) is 3.21. The quantitative estimate of drug-likeness (QED) is 0.861. The zero-order chi connectivity index (χ0) is 15.1. The van der Waals surface area contributed by atoms with Gasteiger partial charge in [-0.15, -0.1) is 0 Å². The number of hydrogen-bond donors (Lipinski definition) is 1. The fraction of sp³-hybridized carbons (Fsp3) is 0.278. The first kappa shape index (κ1) is 13.8. The van der Waals surface area contributed by atoms with Gasteiger partial charge in [0.25, 0.3) is 0 Å². The molecule has 0 amide bonds. The molecule has 0 radical (unpaired) electrons. The molecule has 0 spiro atoms. The molecule has 1 N–H and O–H groups in total. The van der Waals surface area contributed by atoms with E-state index in [1.54, 1.807) is 6.20 Å². The second-order valence-electron chi connectivity index (χ2n) is 5.78. The Bertz CT molecular complexity index is 739. The Morgan fingerprint density at radius 1 is 1.27 bits per heavy atom. The predicted molar refractivity (Wildman–Crippen MR) is 88.2 cm³/mol. The second kappa shape index (κ2) is 5.41. The summed E-state index contributed by atoms with van der Waals surface area (Å²) < 4.78 is 6.29. The maximum atomic E-state index is 6.29. The molecule has 1 aromatic heterocycles. The van der Waals surface area contributed by atoms with E-state index in [-0.39, 0.29) is 6.10 Å². The monoisotopic (exact) mass is 312 g/mol. The van der Waals surface area contributed by atoms with Crippen LogP contribution in [0.3, 0.4) is 0 Å². The van der Waals surface area contributed by atoms with Crippen molar-refractivity contribution in [2.45, 2.75) is 25.5 Å². The topological polar surface area (TPSA) is 34.1 Å². The third kappa shape index (κ3) is 2.31. The molecule has 0 bridgehead atoms. The number of halogens is 1. The fourth-order valence-corrected chi connectivity index (χ4v) is 3.32. The van der Waals surface area contributed by atoms with Crippen LogP contribution in [0.15, 0.2) is 36.5 Å². The van der Waals surface area contributed by atoms with E-state index in [9.17, 15) is 0 Å². The molecule has 0 aliphatic carbocycles. The first-order valence-corrected chi connectivity index (χ1v) is 7.95. The molecule has 3 heterocycles. The molecule has 1 aromatic carbocycles. The second-order valence-corrected chi connectivity index (χ2v) is 6.22. The minimum absolute atomic E-state index is 0.162. The molecule has 4 heteroatoms. The van der Waals surface area contributed by atoms with E-state index in [4.69, 9.17) is 16.3 Å². The molecule has 112 valence electrons. The zero-order valence-corrected chi connectivity index (χ0v) is 13.1. The van der Waals surface area contributed by atoms with Gasteiger partial charge in [-0.2, -0.15) is 0 Å². The standard InChI is InChI=1S/C18H17ClN2O/c1-11-17-12(8-9-20-11)2-3-13-4-7-16(22-18(13)17)15-6-5-14(19)10-21-15/h2-7,10-11,16,20H,8-9H2,1H3. The van der Waals surface area contributed by atoms with Crippen molar-refractivity contribution in [1.82, 2.24) is 10.3 Å². The Labute approximate surface area is 135 Å². The van der Waals surface area contributed by atoms with Crippen molar-refractivity contribution in [1.29, 1.82) is 0 Å². The Hall–Kier alpha value is -1.84. The van der Waals surface area contributed by atoms with Crippen molar-refractivity contribution < 1.29 is 4.74 Å². The minimum Gasteiger partial charge on any atom is -0.479 e. The smallest absolute Gasteiger partial charge is 0.159 e. The number of nitrogens with zero attached hydrogens (tertiary/aromatic N) is 1. The molecule has 0 saturated heterocycles. The Kier molecular flexibility index (Phi) is 3.40. The van der Waals surface area contributed by atoms with Crippen LogP contribution in [0.2, 0.25) is 5.02 Å². The van der Waals surface area contributed by atoms with Crippen LogP contribution in [0, 0.1) is 0 Å². The number of nitrogens with one attached hydrogen (secondary N) is 1. The molecule has 0 fully saturated rings. The molecule has 2 aliphatic heterocycles. The van der Waals surface area contributed by atoms with Crippen LogP contribution in [0.4, 0.5) is 0 Å². The van der Waals surface area contributed by atoms with Gasteiger partial charge >= 0.3 is 0 Å².